The Morgan fingerprint density at radius 1 is 1.00 bits per heavy atom. The first-order valence-corrected chi connectivity index (χ1v) is 8.53. The van der Waals surface area contributed by atoms with Gasteiger partial charge in [0.25, 0.3) is 11.6 Å². The molecule has 0 atom stereocenters. The minimum atomic E-state index is -0.581. The number of methoxy groups -OCH3 is 1. The third-order valence-corrected chi connectivity index (χ3v) is 4.25. The van der Waals surface area contributed by atoms with Gasteiger partial charge < -0.3 is 15.8 Å². The van der Waals surface area contributed by atoms with Crippen molar-refractivity contribution in [3.8, 4) is 5.75 Å². The zero-order valence-electron chi connectivity index (χ0n) is 15.4. The van der Waals surface area contributed by atoms with Gasteiger partial charge in [-0.2, -0.15) is 0 Å². The van der Waals surface area contributed by atoms with Gasteiger partial charge in [0, 0.05) is 28.8 Å². The number of amides is 1. The van der Waals surface area contributed by atoms with Gasteiger partial charge in [0.15, 0.2) is 5.78 Å². The van der Waals surface area contributed by atoms with Crippen molar-refractivity contribution >= 4 is 28.8 Å². The molecule has 0 heterocycles. The lowest BCUT2D eigenvalue weighted by atomic mass is 10.00. The lowest BCUT2D eigenvalue weighted by Crippen LogP contribution is -2.16. The number of ether oxygens (including phenoxy) is 1. The molecule has 0 radical (unpaired) electrons. The van der Waals surface area contributed by atoms with E-state index in [4.69, 9.17) is 10.5 Å². The molecule has 0 unspecified atom stereocenters. The van der Waals surface area contributed by atoms with Crippen molar-refractivity contribution in [1.29, 1.82) is 0 Å². The van der Waals surface area contributed by atoms with Crippen LogP contribution >= 0.6 is 0 Å². The van der Waals surface area contributed by atoms with Crippen LogP contribution in [0.2, 0.25) is 0 Å². The Hall–Kier alpha value is -4.20. The fourth-order valence-corrected chi connectivity index (χ4v) is 2.74. The lowest BCUT2D eigenvalue weighted by Gasteiger charge is -2.13. The van der Waals surface area contributed by atoms with Crippen LogP contribution in [0.1, 0.15) is 26.3 Å². The molecule has 0 aliphatic heterocycles. The highest BCUT2D eigenvalue weighted by molar-refractivity contribution is 6.17. The quantitative estimate of drug-likeness (QED) is 0.286. The molecule has 29 heavy (non-hydrogen) atoms. The van der Waals surface area contributed by atoms with Gasteiger partial charge in [-0.3, -0.25) is 19.7 Å². The van der Waals surface area contributed by atoms with E-state index in [1.165, 1.54) is 37.4 Å². The van der Waals surface area contributed by atoms with Crippen LogP contribution in [0, 0.1) is 10.1 Å². The van der Waals surface area contributed by atoms with Crippen LogP contribution in [0.15, 0.2) is 66.7 Å². The van der Waals surface area contributed by atoms with Crippen molar-refractivity contribution < 1.29 is 19.2 Å². The number of rotatable bonds is 6. The van der Waals surface area contributed by atoms with Crippen molar-refractivity contribution in [2.75, 3.05) is 18.2 Å². The topological polar surface area (TPSA) is 125 Å². The van der Waals surface area contributed by atoms with Crippen molar-refractivity contribution in [2.24, 2.45) is 0 Å². The Kier molecular flexibility index (Phi) is 5.54. The summed E-state index contributed by atoms with van der Waals surface area (Å²) >= 11 is 0. The highest BCUT2D eigenvalue weighted by Crippen LogP contribution is 2.28. The summed E-state index contributed by atoms with van der Waals surface area (Å²) in [5, 5.41) is 13.7. The number of ketones is 1. The summed E-state index contributed by atoms with van der Waals surface area (Å²) in [6.45, 7) is 0. The average molecular weight is 391 g/mol. The van der Waals surface area contributed by atoms with Gasteiger partial charge in [-0.25, -0.2) is 0 Å². The average Bonchev–Trinajstić information content (AvgIpc) is 2.74. The molecule has 0 saturated heterocycles. The number of nitrogens with two attached hydrogens (primary N) is 1. The van der Waals surface area contributed by atoms with E-state index in [1.807, 2.05) is 0 Å². The molecule has 3 aromatic carbocycles. The molecule has 3 rings (SSSR count). The maximum absolute atomic E-state index is 12.9. The summed E-state index contributed by atoms with van der Waals surface area (Å²) in [6, 6.07) is 16.4. The first-order valence-electron chi connectivity index (χ1n) is 8.53. The summed E-state index contributed by atoms with van der Waals surface area (Å²) in [5.41, 5.74) is 6.73. The monoisotopic (exact) mass is 391 g/mol. The van der Waals surface area contributed by atoms with E-state index in [0.717, 1.165) is 0 Å². The summed E-state index contributed by atoms with van der Waals surface area (Å²) in [6.07, 6.45) is 0. The summed E-state index contributed by atoms with van der Waals surface area (Å²) in [4.78, 5) is 36.0. The normalized spacial score (nSPS) is 10.2. The number of nitrogen functional groups attached to an aromatic ring is 1. The molecule has 3 N–H and O–H groups in total. The molecule has 8 nitrogen and oxygen atoms in total. The molecule has 1 amide bonds. The smallest absolute Gasteiger partial charge is 0.270 e. The number of hydrogen-bond donors (Lipinski definition) is 2. The van der Waals surface area contributed by atoms with Gasteiger partial charge >= 0.3 is 0 Å². The second-order valence-corrected chi connectivity index (χ2v) is 6.09. The molecule has 3 aromatic rings. The molecule has 146 valence electrons. The third-order valence-electron chi connectivity index (χ3n) is 4.25. The predicted molar refractivity (Wildman–Crippen MR) is 108 cm³/mol. The fraction of sp³-hybridized carbons (Fsp3) is 0.0476. The maximum Gasteiger partial charge on any atom is 0.270 e. The first kappa shape index (κ1) is 19.6. The van der Waals surface area contributed by atoms with Crippen LogP contribution in [0.4, 0.5) is 17.1 Å². The van der Waals surface area contributed by atoms with Crippen LogP contribution in [-0.2, 0) is 0 Å². The summed E-state index contributed by atoms with van der Waals surface area (Å²) < 4.78 is 5.07. The molecule has 0 spiro atoms. The van der Waals surface area contributed by atoms with Crippen LogP contribution in [0.25, 0.3) is 0 Å². The first-order chi connectivity index (χ1) is 13.9. The van der Waals surface area contributed by atoms with Crippen LogP contribution in [-0.4, -0.2) is 23.7 Å². The van der Waals surface area contributed by atoms with Crippen LogP contribution < -0.4 is 15.8 Å². The number of nitrogens with one attached hydrogen (secondary N) is 1. The van der Waals surface area contributed by atoms with Crippen molar-refractivity contribution in [1.82, 2.24) is 0 Å². The fourth-order valence-electron chi connectivity index (χ4n) is 2.74. The molecule has 0 aliphatic carbocycles. The summed E-state index contributed by atoms with van der Waals surface area (Å²) in [7, 11) is 1.52. The maximum atomic E-state index is 12.9. The predicted octanol–water partition coefficient (Wildman–Crippen LogP) is 3.67. The highest BCUT2D eigenvalue weighted by atomic mass is 16.6. The molecule has 0 fully saturated rings. The van der Waals surface area contributed by atoms with E-state index in [-0.39, 0.29) is 28.2 Å². The molecular formula is C21H17N3O5. The van der Waals surface area contributed by atoms with Crippen molar-refractivity contribution in [2.45, 2.75) is 0 Å². The number of nitrogens with zero attached hydrogens (tertiary/aromatic N) is 1. The van der Waals surface area contributed by atoms with Gasteiger partial charge in [0.05, 0.1) is 23.4 Å². The number of non-ortho nitro benzene ring substituents is 1. The number of nitro groups is 1. The molecule has 0 aromatic heterocycles. The van der Waals surface area contributed by atoms with Gasteiger partial charge in [-0.15, -0.1) is 0 Å². The zero-order valence-corrected chi connectivity index (χ0v) is 15.4. The Labute approximate surface area is 166 Å². The second kappa shape index (κ2) is 8.22. The Bertz CT molecular complexity index is 1090. The number of hydrogen-bond acceptors (Lipinski definition) is 6. The minimum absolute atomic E-state index is 0.116. The van der Waals surface area contributed by atoms with E-state index < -0.39 is 16.6 Å². The second-order valence-electron chi connectivity index (χ2n) is 6.09. The molecule has 0 aliphatic rings. The van der Waals surface area contributed by atoms with E-state index >= 15 is 0 Å². The van der Waals surface area contributed by atoms with Gasteiger partial charge in [-0.05, 0) is 36.4 Å². The van der Waals surface area contributed by atoms with E-state index in [9.17, 15) is 19.7 Å². The highest BCUT2D eigenvalue weighted by Gasteiger charge is 2.20. The number of benzene rings is 3. The van der Waals surface area contributed by atoms with Gasteiger partial charge in [0.2, 0.25) is 0 Å². The third kappa shape index (κ3) is 4.22. The number of carbonyl (C=O) groups excluding carboxylic acids is 2. The Morgan fingerprint density at radius 3 is 2.34 bits per heavy atom. The van der Waals surface area contributed by atoms with E-state index in [0.29, 0.717) is 11.3 Å². The Morgan fingerprint density at radius 2 is 1.69 bits per heavy atom. The van der Waals surface area contributed by atoms with Crippen molar-refractivity contribution in [3.05, 3.63) is 93.5 Å². The number of carbonyl (C=O) groups is 2. The molecule has 8 heteroatoms. The minimum Gasteiger partial charge on any atom is -0.497 e. The number of para-hydroxylation sites is 1. The zero-order chi connectivity index (χ0) is 21.0. The largest absolute Gasteiger partial charge is 0.497 e. The van der Waals surface area contributed by atoms with Gasteiger partial charge in [-0.1, -0.05) is 18.2 Å². The van der Waals surface area contributed by atoms with Crippen LogP contribution in [0.5, 0.6) is 5.75 Å². The number of nitro benzene ring substituents is 1. The van der Waals surface area contributed by atoms with E-state index in [1.54, 1.807) is 36.4 Å². The molecule has 0 saturated carbocycles. The standard InChI is InChI=1S/C21H17N3O5/c1-29-16-10-8-13(9-11-16)21(26)23-19-17(6-3-7-18(19)22)20(25)14-4-2-5-15(12-14)24(27)28/h2-12H,22H2,1H3,(H,23,26). The van der Waals surface area contributed by atoms with Crippen LogP contribution in [0.3, 0.4) is 0 Å². The van der Waals surface area contributed by atoms with Gasteiger partial charge in [0.1, 0.15) is 5.75 Å². The SMILES string of the molecule is COc1ccc(C(=O)Nc2c(N)cccc2C(=O)c2cccc([N+](=O)[O-])c2)cc1. The molecule has 0 bridgehead atoms. The van der Waals surface area contributed by atoms with E-state index in [2.05, 4.69) is 5.32 Å². The summed E-state index contributed by atoms with van der Waals surface area (Å²) in [5.74, 6) is -0.355. The molecular weight excluding hydrogens is 374 g/mol. The lowest BCUT2D eigenvalue weighted by molar-refractivity contribution is -0.384. The van der Waals surface area contributed by atoms with Crippen molar-refractivity contribution in [3.63, 3.8) is 0 Å². The number of anilines is 2. The Balaban J connectivity index is 1.94.